The van der Waals surface area contributed by atoms with Crippen molar-refractivity contribution in [2.24, 2.45) is 0 Å². The number of aliphatic hydroxyl groups is 3. The van der Waals surface area contributed by atoms with Crippen molar-refractivity contribution in [3.8, 4) is 11.5 Å². The lowest BCUT2D eigenvalue weighted by Crippen LogP contribution is -2.61. The molecule has 1 fully saturated rings. The molecule has 1 heterocycles. The summed E-state index contributed by atoms with van der Waals surface area (Å²) in [5.41, 5.74) is -6.95. The lowest BCUT2D eigenvalue weighted by molar-refractivity contribution is -0.288. The summed E-state index contributed by atoms with van der Waals surface area (Å²) in [6.07, 6.45) is -21.8. The molecule has 0 saturated carbocycles. The highest BCUT2D eigenvalue weighted by Crippen LogP contribution is 2.56. The van der Waals surface area contributed by atoms with Crippen LogP contribution in [0.4, 0.5) is 26.3 Å². The fourth-order valence-electron chi connectivity index (χ4n) is 3.76. The van der Waals surface area contributed by atoms with Crippen molar-refractivity contribution in [1.29, 1.82) is 0 Å². The average molecular weight is 512 g/mol. The monoisotopic (exact) mass is 512 g/mol. The van der Waals surface area contributed by atoms with Gasteiger partial charge in [-0.05, 0) is 35.4 Å². The van der Waals surface area contributed by atoms with E-state index < -0.39 is 77.1 Å². The fourth-order valence-corrected chi connectivity index (χ4v) is 3.76. The maximum absolute atomic E-state index is 14.1. The highest BCUT2D eigenvalue weighted by molar-refractivity contribution is 5.73. The van der Waals surface area contributed by atoms with Gasteiger partial charge in [0, 0.05) is 0 Å². The van der Waals surface area contributed by atoms with Crippen LogP contribution in [0.25, 0.3) is 0 Å². The predicted octanol–water partition coefficient (Wildman–Crippen LogP) is 2.07. The third-order valence-electron chi connectivity index (χ3n) is 5.50. The Kier molecular flexibility index (Phi) is 6.96. The molecule has 0 aromatic heterocycles. The molecule has 0 amide bonds. The molecule has 2 aromatic carbocycles. The second-order valence-corrected chi connectivity index (χ2v) is 7.67. The van der Waals surface area contributed by atoms with Gasteiger partial charge < -0.3 is 35.0 Å². The molecular formula is C21H18F6O8. The summed E-state index contributed by atoms with van der Waals surface area (Å²) < 4.78 is 94.5. The smallest absolute Gasteiger partial charge is 0.411 e. The number of aliphatic hydroxyl groups excluding tert-OH is 3. The lowest BCUT2D eigenvalue weighted by Gasteiger charge is -2.39. The van der Waals surface area contributed by atoms with Crippen molar-refractivity contribution in [2.75, 3.05) is 0 Å². The molecule has 5 N–H and O–H groups in total. The van der Waals surface area contributed by atoms with E-state index in [4.69, 9.17) is 14.6 Å². The minimum atomic E-state index is -5.87. The van der Waals surface area contributed by atoms with Crippen LogP contribution in [0.1, 0.15) is 11.1 Å². The molecule has 8 nitrogen and oxygen atoms in total. The molecule has 1 aliphatic rings. The highest BCUT2D eigenvalue weighted by atomic mass is 19.4. The first-order valence-electron chi connectivity index (χ1n) is 9.74. The van der Waals surface area contributed by atoms with Crippen LogP contribution in [-0.4, -0.2) is 74.6 Å². The van der Waals surface area contributed by atoms with Crippen LogP contribution in [0.5, 0.6) is 11.5 Å². The second-order valence-electron chi connectivity index (χ2n) is 7.67. The van der Waals surface area contributed by atoms with E-state index in [1.807, 2.05) is 0 Å². The van der Waals surface area contributed by atoms with E-state index in [1.54, 1.807) is 0 Å². The highest BCUT2D eigenvalue weighted by Gasteiger charge is 2.72. The van der Waals surface area contributed by atoms with E-state index in [0.717, 1.165) is 0 Å². The van der Waals surface area contributed by atoms with Gasteiger partial charge in [-0.15, -0.1) is 0 Å². The van der Waals surface area contributed by atoms with Crippen LogP contribution < -0.4 is 4.74 Å². The van der Waals surface area contributed by atoms with Gasteiger partial charge in [-0.2, -0.15) is 26.3 Å². The zero-order chi connectivity index (χ0) is 26.3. The van der Waals surface area contributed by atoms with Crippen LogP contribution >= 0.6 is 0 Å². The molecule has 1 aliphatic heterocycles. The van der Waals surface area contributed by atoms with Crippen LogP contribution in [0, 0.1) is 0 Å². The fraction of sp³-hybridized carbons (Fsp3) is 0.381. The zero-order valence-electron chi connectivity index (χ0n) is 17.2. The Morgan fingerprint density at radius 3 is 1.66 bits per heavy atom. The standard InChI is InChI=1S/C21H18F6O8/c22-20(23,24)19(21(25,26)27,9-1-5-11(28)6-2-9)10-3-7-12(8-4-10)34-18-15(31)13(29)14(30)16(35-18)17(32)33/h1-8,13-16,18,28-31H,(H,32,33)/t13-,14-,15+,16-,18+/m0/s1. The number of alkyl halides is 6. The summed E-state index contributed by atoms with van der Waals surface area (Å²) in [5, 5.41) is 47.8. The summed E-state index contributed by atoms with van der Waals surface area (Å²) in [4.78, 5) is 11.2. The largest absolute Gasteiger partial charge is 0.508 e. The van der Waals surface area contributed by atoms with Gasteiger partial charge in [-0.3, -0.25) is 0 Å². The van der Waals surface area contributed by atoms with Crippen molar-refractivity contribution in [3.63, 3.8) is 0 Å². The molecule has 192 valence electrons. The van der Waals surface area contributed by atoms with Crippen molar-refractivity contribution in [3.05, 3.63) is 59.7 Å². The summed E-state index contributed by atoms with van der Waals surface area (Å²) in [6, 6.07) is 4.68. The third-order valence-corrected chi connectivity index (χ3v) is 5.50. The van der Waals surface area contributed by atoms with Gasteiger partial charge in [0.15, 0.2) is 6.10 Å². The van der Waals surface area contributed by atoms with Gasteiger partial charge in [0.25, 0.3) is 0 Å². The van der Waals surface area contributed by atoms with E-state index in [2.05, 4.69) is 0 Å². The van der Waals surface area contributed by atoms with Gasteiger partial charge in [0.2, 0.25) is 11.7 Å². The van der Waals surface area contributed by atoms with E-state index in [9.17, 15) is 51.6 Å². The van der Waals surface area contributed by atoms with Crippen molar-refractivity contribution < 1.29 is 66.1 Å². The number of hydrogen-bond donors (Lipinski definition) is 5. The molecule has 0 unspecified atom stereocenters. The second kappa shape index (κ2) is 9.18. The molecule has 0 spiro atoms. The van der Waals surface area contributed by atoms with Crippen LogP contribution in [0.2, 0.25) is 0 Å². The predicted molar refractivity (Wildman–Crippen MR) is 102 cm³/mol. The van der Waals surface area contributed by atoms with E-state index in [-0.39, 0.29) is 0 Å². The Hall–Kier alpha value is -3.07. The summed E-state index contributed by atoms with van der Waals surface area (Å²) >= 11 is 0. The molecule has 2 aromatic rings. The minimum Gasteiger partial charge on any atom is -0.508 e. The topological polar surface area (TPSA) is 137 Å². The summed E-state index contributed by atoms with van der Waals surface area (Å²) in [6.45, 7) is 0. The Morgan fingerprint density at radius 2 is 1.23 bits per heavy atom. The Morgan fingerprint density at radius 1 is 0.771 bits per heavy atom. The van der Waals surface area contributed by atoms with E-state index >= 15 is 0 Å². The molecule has 1 saturated heterocycles. The third kappa shape index (κ3) is 4.61. The van der Waals surface area contributed by atoms with Crippen molar-refractivity contribution in [1.82, 2.24) is 0 Å². The molecule has 5 atom stereocenters. The van der Waals surface area contributed by atoms with Gasteiger partial charge in [0.05, 0.1) is 0 Å². The number of carbonyl (C=O) groups is 1. The van der Waals surface area contributed by atoms with Crippen molar-refractivity contribution >= 4 is 5.97 Å². The van der Waals surface area contributed by atoms with Crippen LogP contribution in [0.15, 0.2) is 48.5 Å². The Balaban J connectivity index is 2.01. The Bertz CT molecular complexity index is 1020. The molecule has 0 radical (unpaired) electrons. The SMILES string of the molecule is O=C(O)[C@H]1O[C@@H](Oc2ccc(C(c3ccc(O)cc3)(C(F)(F)F)C(F)(F)F)cc2)[C@H](O)[C@@H](O)[C@@H]1O. The maximum atomic E-state index is 14.1. The first-order chi connectivity index (χ1) is 16.1. The number of phenols is 1. The molecule has 0 aliphatic carbocycles. The maximum Gasteiger partial charge on any atom is 0.411 e. The van der Waals surface area contributed by atoms with Gasteiger partial charge in [-0.25, -0.2) is 4.79 Å². The number of halogens is 6. The number of rotatable bonds is 5. The normalized spacial score (nSPS) is 25.8. The number of carboxylic acid groups (broad SMARTS) is 1. The van der Waals surface area contributed by atoms with Crippen LogP contribution in [-0.2, 0) is 14.9 Å². The first kappa shape index (κ1) is 26.5. The number of benzene rings is 2. The van der Waals surface area contributed by atoms with E-state index in [1.165, 1.54) is 0 Å². The van der Waals surface area contributed by atoms with Crippen LogP contribution in [0.3, 0.4) is 0 Å². The number of ether oxygens (including phenoxy) is 2. The first-order valence-corrected chi connectivity index (χ1v) is 9.74. The van der Waals surface area contributed by atoms with Gasteiger partial charge in [-0.1, -0.05) is 24.3 Å². The zero-order valence-corrected chi connectivity index (χ0v) is 17.2. The van der Waals surface area contributed by atoms with Gasteiger partial charge in [0.1, 0.15) is 29.8 Å². The molecule has 14 heteroatoms. The van der Waals surface area contributed by atoms with Gasteiger partial charge >= 0.3 is 18.3 Å². The number of hydrogen-bond acceptors (Lipinski definition) is 7. The van der Waals surface area contributed by atoms with E-state index in [0.29, 0.717) is 48.5 Å². The number of aromatic hydroxyl groups is 1. The minimum absolute atomic E-state index is 0.436. The lowest BCUT2D eigenvalue weighted by atomic mass is 9.73. The number of aliphatic carboxylic acids is 1. The molecule has 0 bridgehead atoms. The summed E-state index contributed by atoms with van der Waals surface area (Å²) in [5.74, 6) is -2.70. The number of phenolic OH excluding ortho intramolecular Hbond substituents is 1. The molecular weight excluding hydrogens is 494 g/mol. The quantitative estimate of drug-likeness (QED) is 0.384. The summed E-state index contributed by atoms with van der Waals surface area (Å²) in [7, 11) is 0. The number of carboxylic acids is 1. The average Bonchev–Trinajstić information content (AvgIpc) is 2.74. The Labute approximate surface area is 192 Å². The van der Waals surface area contributed by atoms with Crippen molar-refractivity contribution in [2.45, 2.75) is 48.5 Å². The molecule has 3 rings (SSSR count). The molecule has 35 heavy (non-hydrogen) atoms.